The summed E-state index contributed by atoms with van der Waals surface area (Å²) < 4.78 is 5.90. The van der Waals surface area contributed by atoms with Crippen LogP contribution in [-0.4, -0.2) is 11.8 Å². The molecule has 2 amide bonds. The molecule has 2 N–H and O–H groups in total. The van der Waals surface area contributed by atoms with Crippen molar-refractivity contribution in [1.82, 2.24) is 0 Å². The molecule has 2 heterocycles. The lowest BCUT2D eigenvalue weighted by Gasteiger charge is -2.08. The molecule has 0 aliphatic rings. The number of halogens is 2. The Kier molecular flexibility index (Phi) is 5.09. The SMILES string of the molecule is O=C(Nc1cccc(NC(=O)c2sc3cc(Cl)ccc3c2Cl)c1)c1ccco1. The molecule has 0 radical (unpaired) electrons. The van der Waals surface area contributed by atoms with Crippen molar-refractivity contribution in [3.63, 3.8) is 0 Å². The largest absolute Gasteiger partial charge is 0.459 e. The van der Waals surface area contributed by atoms with Gasteiger partial charge < -0.3 is 15.1 Å². The van der Waals surface area contributed by atoms with E-state index in [2.05, 4.69) is 10.6 Å². The van der Waals surface area contributed by atoms with Gasteiger partial charge in [-0.05, 0) is 42.5 Å². The first kappa shape index (κ1) is 18.6. The molecule has 5 nitrogen and oxygen atoms in total. The number of furan rings is 1. The van der Waals surface area contributed by atoms with Crippen molar-refractivity contribution in [2.24, 2.45) is 0 Å². The molecule has 0 aliphatic carbocycles. The molecule has 2 aromatic carbocycles. The zero-order chi connectivity index (χ0) is 19.7. The predicted octanol–water partition coefficient (Wildman–Crippen LogP) is 6.31. The number of carbonyl (C=O) groups is 2. The summed E-state index contributed by atoms with van der Waals surface area (Å²) in [5.41, 5.74) is 1.04. The number of nitrogens with one attached hydrogen (secondary N) is 2. The number of hydrogen-bond donors (Lipinski definition) is 2. The first-order valence-electron chi connectivity index (χ1n) is 8.15. The molecule has 2 aromatic heterocycles. The fourth-order valence-electron chi connectivity index (χ4n) is 2.65. The number of rotatable bonds is 4. The van der Waals surface area contributed by atoms with Crippen molar-refractivity contribution >= 4 is 67.8 Å². The van der Waals surface area contributed by atoms with Crippen molar-refractivity contribution in [3.8, 4) is 0 Å². The predicted molar refractivity (Wildman–Crippen MR) is 113 cm³/mol. The van der Waals surface area contributed by atoms with Gasteiger partial charge in [0.2, 0.25) is 0 Å². The van der Waals surface area contributed by atoms with Crippen molar-refractivity contribution in [1.29, 1.82) is 0 Å². The first-order valence-corrected chi connectivity index (χ1v) is 9.72. The Morgan fingerprint density at radius 2 is 1.64 bits per heavy atom. The molecule has 0 unspecified atom stereocenters. The van der Waals surface area contributed by atoms with Gasteiger partial charge in [0.05, 0.1) is 11.3 Å². The Balaban J connectivity index is 1.54. The molecule has 28 heavy (non-hydrogen) atoms. The molecule has 0 saturated heterocycles. The van der Waals surface area contributed by atoms with Crippen LogP contribution < -0.4 is 10.6 Å². The highest BCUT2D eigenvalue weighted by molar-refractivity contribution is 7.21. The van der Waals surface area contributed by atoms with Gasteiger partial charge in [-0.1, -0.05) is 35.3 Å². The van der Waals surface area contributed by atoms with E-state index in [1.165, 1.54) is 17.6 Å². The fraction of sp³-hybridized carbons (Fsp3) is 0. The molecule has 0 saturated carbocycles. The Morgan fingerprint density at radius 3 is 2.36 bits per heavy atom. The van der Waals surface area contributed by atoms with Crippen molar-refractivity contribution in [2.45, 2.75) is 0 Å². The van der Waals surface area contributed by atoms with Crippen LogP contribution in [0.3, 0.4) is 0 Å². The molecule has 140 valence electrons. The van der Waals surface area contributed by atoms with E-state index in [4.69, 9.17) is 27.6 Å². The first-order chi connectivity index (χ1) is 13.5. The third kappa shape index (κ3) is 3.75. The fourth-order valence-corrected chi connectivity index (χ4v) is 4.34. The zero-order valence-electron chi connectivity index (χ0n) is 14.2. The molecule has 0 aliphatic heterocycles. The van der Waals surface area contributed by atoms with Crippen LogP contribution in [0.2, 0.25) is 10.0 Å². The maximum Gasteiger partial charge on any atom is 0.291 e. The lowest BCUT2D eigenvalue weighted by atomic mass is 10.2. The van der Waals surface area contributed by atoms with Crippen molar-refractivity contribution < 1.29 is 14.0 Å². The Morgan fingerprint density at radius 1 is 0.893 bits per heavy atom. The van der Waals surface area contributed by atoms with E-state index in [1.807, 2.05) is 0 Å². The van der Waals surface area contributed by atoms with Gasteiger partial charge in [0.25, 0.3) is 11.8 Å². The highest BCUT2D eigenvalue weighted by atomic mass is 35.5. The van der Waals surface area contributed by atoms with Crippen LogP contribution in [0.5, 0.6) is 0 Å². The summed E-state index contributed by atoms with van der Waals surface area (Å²) in [6.45, 7) is 0. The number of fused-ring (bicyclic) bond motifs is 1. The summed E-state index contributed by atoms with van der Waals surface area (Å²) in [7, 11) is 0. The average Bonchev–Trinajstić information content (AvgIpc) is 3.30. The van der Waals surface area contributed by atoms with E-state index in [9.17, 15) is 9.59 Å². The molecular formula is C20H12Cl2N2O3S. The second-order valence-electron chi connectivity index (χ2n) is 5.85. The lowest BCUT2D eigenvalue weighted by molar-refractivity contribution is 0.0995. The molecule has 0 fully saturated rings. The highest BCUT2D eigenvalue weighted by Gasteiger charge is 2.18. The highest BCUT2D eigenvalue weighted by Crippen LogP contribution is 2.37. The lowest BCUT2D eigenvalue weighted by Crippen LogP contribution is -2.13. The van der Waals surface area contributed by atoms with E-state index in [-0.39, 0.29) is 17.6 Å². The summed E-state index contributed by atoms with van der Waals surface area (Å²) in [4.78, 5) is 25.2. The van der Waals surface area contributed by atoms with Crippen molar-refractivity contribution in [3.05, 3.63) is 81.5 Å². The van der Waals surface area contributed by atoms with Gasteiger partial charge in [-0.3, -0.25) is 9.59 Å². The van der Waals surface area contributed by atoms with E-state index < -0.39 is 0 Å². The third-order valence-electron chi connectivity index (χ3n) is 3.92. The van der Waals surface area contributed by atoms with Gasteiger partial charge in [-0.15, -0.1) is 11.3 Å². The molecular weight excluding hydrogens is 419 g/mol. The van der Waals surface area contributed by atoms with Crippen LogP contribution in [0, 0.1) is 0 Å². The van der Waals surface area contributed by atoms with Crippen LogP contribution in [0.25, 0.3) is 10.1 Å². The topological polar surface area (TPSA) is 71.3 Å². The normalized spacial score (nSPS) is 10.8. The number of benzene rings is 2. The number of carbonyl (C=O) groups excluding carboxylic acids is 2. The molecule has 4 aromatic rings. The Hall–Kier alpha value is -2.80. The van der Waals surface area contributed by atoms with Gasteiger partial charge in [0, 0.05) is 26.5 Å². The maximum atomic E-state index is 12.7. The molecule has 4 rings (SSSR count). The summed E-state index contributed by atoms with van der Waals surface area (Å²) in [6.07, 6.45) is 1.42. The minimum Gasteiger partial charge on any atom is -0.459 e. The Bertz CT molecular complexity index is 1190. The molecule has 0 atom stereocenters. The molecule has 0 bridgehead atoms. The van der Waals surface area contributed by atoms with E-state index in [1.54, 1.807) is 54.6 Å². The van der Waals surface area contributed by atoms with Crippen LogP contribution >= 0.6 is 34.5 Å². The number of hydrogen-bond acceptors (Lipinski definition) is 4. The Labute approximate surface area is 173 Å². The van der Waals surface area contributed by atoms with Crippen molar-refractivity contribution in [2.75, 3.05) is 10.6 Å². The van der Waals surface area contributed by atoms with Crippen LogP contribution in [0.4, 0.5) is 11.4 Å². The maximum absolute atomic E-state index is 12.7. The number of amides is 2. The van der Waals surface area contributed by atoms with Gasteiger partial charge >= 0.3 is 0 Å². The van der Waals surface area contributed by atoms with E-state index in [0.717, 1.165) is 10.1 Å². The summed E-state index contributed by atoms with van der Waals surface area (Å²) >= 11 is 13.6. The second kappa shape index (κ2) is 7.67. The van der Waals surface area contributed by atoms with Crippen LogP contribution in [-0.2, 0) is 0 Å². The van der Waals surface area contributed by atoms with Crippen LogP contribution in [0.1, 0.15) is 20.2 Å². The number of thiophene rings is 1. The zero-order valence-corrected chi connectivity index (χ0v) is 16.5. The van der Waals surface area contributed by atoms with E-state index in [0.29, 0.717) is 26.3 Å². The smallest absolute Gasteiger partial charge is 0.291 e. The monoisotopic (exact) mass is 430 g/mol. The van der Waals surface area contributed by atoms with E-state index >= 15 is 0 Å². The average molecular weight is 431 g/mol. The van der Waals surface area contributed by atoms with Gasteiger partial charge in [0.15, 0.2) is 5.76 Å². The molecule has 8 heteroatoms. The summed E-state index contributed by atoms with van der Waals surface area (Å²) in [5, 5.41) is 7.26. The minimum atomic E-state index is -0.377. The second-order valence-corrected chi connectivity index (χ2v) is 7.72. The van der Waals surface area contributed by atoms with Crippen LogP contribution in [0.15, 0.2) is 65.3 Å². The van der Waals surface area contributed by atoms with Gasteiger partial charge in [-0.25, -0.2) is 0 Å². The van der Waals surface area contributed by atoms with Gasteiger partial charge in [-0.2, -0.15) is 0 Å². The molecule has 0 spiro atoms. The summed E-state index contributed by atoms with van der Waals surface area (Å²) in [5.74, 6) is -0.514. The summed E-state index contributed by atoms with van der Waals surface area (Å²) in [6, 6.07) is 15.3. The van der Waals surface area contributed by atoms with Gasteiger partial charge in [0.1, 0.15) is 4.88 Å². The standard InChI is InChI=1S/C20H12Cl2N2O3S/c21-11-6-7-14-16(9-11)28-18(17(14)22)20(26)24-13-4-1-3-12(10-13)23-19(25)15-5-2-8-27-15/h1-10H,(H,23,25)(H,24,26). The quantitative estimate of drug-likeness (QED) is 0.398. The third-order valence-corrected chi connectivity index (χ3v) is 5.81. The minimum absolute atomic E-state index is 0.199. The number of anilines is 2.